The highest BCUT2D eigenvalue weighted by Gasteiger charge is 2.15. The summed E-state index contributed by atoms with van der Waals surface area (Å²) in [4.78, 5) is 23.5. The second-order valence-corrected chi connectivity index (χ2v) is 7.54. The lowest BCUT2D eigenvalue weighted by atomic mass is 10.2. The van der Waals surface area contributed by atoms with Crippen molar-refractivity contribution < 1.29 is 9.59 Å². The van der Waals surface area contributed by atoms with E-state index in [2.05, 4.69) is 20.8 Å². The number of nitrogens with zero attached hydrogens (tertiary/aromatic N) is 3. The monoisotopic (exact) mass is 429 g/mol. The molecule has 3 aromatic rings. The zero-order chi connectivity index (χ0) is 20.8. The second kappa shape index (κ2) is 9.58. The standard InChI is InChI=1S/C20H20ClN5O2S/c1-3-26-19(14-6-4-7-15(21)10-14)24-25-20(26)29-12-18(28)23-17-9-5-8-16(11-17)22-13(2)27/h4-11H,3,12H2,1-2H3,(H,22,27)(H,23,28). The highest BCUT2D eigenvalue weighted by molar-refractivity contribution is 7.99. The molecule has 150 valence electrons. The SMILES string of the molecule is CCn1c(SCC(=O)Nc2cccc(NC(C)=O)c2)nnc1-c1cccc(Cl)c1. The number of aromatic nitrogens is 3. The van der Waals surface area contributed by atoms with Crippen molar-refractivity contribution in [2.24, 2.45) is 0 Å². The predicted molar refractivity (Wildman–Crippen MR) is 116 cm³/mol. The van der Waals surface area contributed by atoms with Crippen LogP contribution in [0.3, 0.4) is 0 Å². The average molecular weight is 430 g/mol. The van der Waals surface area contributed by atoms with Crippen molar-refractivity contribution in [3.05, 3.63) is 53.6 Å². The van der Waals surface area contributed by atoms with E-state index in [1.165, 1.54) is 18.7 Å². The number of benzene rings is 2. The van der Waals surface area contributed by atoms with Crippen LogP contribution in [0.15, 0.2) is 53.7 Å². The van der Waals surface area contributed by atoms with Gasteiger partial charge in [0.2, 0.25) is 11.8 Å². The summed E-state index contributed by atoms with van der Waals surface area (Å²) in [5, 5.41) is 15.3. The highest BCUT2D eigenvalue weighted by Crippen LogP contribution is 2.26. The average Bonchev–Trinajstić information content (AvgIpc) is 3.09. The van der Waals surface area contributed by atoms with Crippen molar-refractivity contribution in [2.75, 3.05) is 16.4 Å². The lowest BCUT2D eigenvalue weighted by molar-refractivity contribution is -0.114. The van der Waals surface area contributed by atoms with E-state index in [-0.39, 0.29) is 17.6 Å². The Hall–Kier alpha value is -2.84. The van der Waals surface area contributed by atoms with Crippen molar-refractivity contribution in [1.82, 2.24) is 14.8 Å². The number of carbonyl (C=O) groups excluding carboxylic acids is 2. The molecule has 29 heavy (non-hydrogen) atoms. The number of carbonyl (C=O) groups is 2. The molecule has 0 unspecified atom stereocenters. The molecule has 0 aliphatic rings. The van der Waals surface area contributed by atoms with Crippen LogP contribution < -0.4 is 10.6 Å². The molecular weight excluding hydrogens is 410 g/mol. The van der Waals surface area contributed by atoms with E-state index in [4.69, 9.17) is 11.6 Å². The maximum Gasteiger partial charge on any atom is 0.234 e. The third-order valence-corrected chi connectivity index (χ3v) is 5.12. The molecule has 9 heteroatoms. The van der Waals surface area contributed by atoms with Crippen molar-refractivity contribution >= 4 is 46.6 Å². The summed E-state index contributed by atoms with van der Waals surface area (Å²) in [5.74, 6) is 0.544. The number of rotatable bonds is 7. The number of thioether (sulfide) groups is 1. The first kappa shape index (κ1) is 20.9. The highest BCUT2D eigenvalue weighted by atomic mass is 35.5. The summed E-state index contributed by atoms with van der Waals surface area (Å²) >= 11 is 7.39. The zero-order valence-corrected chi connectivity index (χ0v) is 17.5. The summed E-state index contributed by atoms with van der Waals surface area (Å²) in [6, 6.07) is 14.4. The number of amides is 2. The number of anilines is 2. The van der Waals surface area contributed by atoms with Crippen molar-refractivity contribution in [1.29, 1.82) is 0 Å². The first-order valence-corrected chi connectivity index (χ1v) is 10.3. The summed E-state index contributed by atoms with van der Waals surface area (Å²) in [6.07, 6.45) is 0. The maximum atomic E-state index is 12.3. The van der Waals surface area contributed by atoms with Gasteiger partial charge in [0.15, 0.2) is 11.0 Å². The van der Waals surface area contributed by atoms with Gasteiger partial charge in [-0.05, 0) is 37.3 Å². The van der Waals surface area contributed by atoms with E-state index in [0.29, 0.717) is 33.9 Å². The van der Waals surface area contributed by atoms with E-state index in [0.717, 1.165) is 5.56 Å². The van der Waals surface area contributed by atoms with Gasteiger partial charge in [-0.25, -0.2) is 0 Å². The molecule has 2 aromatic carbocycles. The summed E-state index contributed by atoms with van der Waals surface area (Å²) in [6.45, 7) is 4.09. The Morgan fingerprint density at radius 2 is 1.79 bits per heavy atom. The molecule has 7 nitrogen and oxygen atoms in total. The predicted octanol–water partition coefficient (Wildman–Crippen LogP) is 4.31. The third kappa shape index (κ3) is 5.58. The fraction of sp³-hybridized carbons (Fsp3) is 0.200. The molecule has 0 saturated heterocycles. The minimum atomic E-state index is -0.176. The van der Waals surface area contributed by atoms with Gasteiger partial charge in [0.1, 0.15) is 0 Å². The van der Waals surface area contributed by atoms with Crippen LogP contribution in [0.25, 0.3) is 11.4 Å². The van der Waals surface area contributed by atoms with Gasteiger partial charge in [-0.2, -0.15) is 0 Å². The Kier molecular flexibility index (Phi) is 6.90. The van der Waals surface area contributed by atoms with Gasteiger partial charge in [-0.1, -0.05) is 41.6 Å². The molecule has 0 fully saturated rings. The Balaban J connectivity index is 1.66. The summed E-state index contributed by atoms with van der Waals surface area (Å²) in [7, 11) is 0. The molecule has 1 aromatic heterocycles. The molecule has 0 aliphatic carbocycles. The van der Waals surface area contributed by atoms with Gasteiger partial charge in [0.25, 0.3) is 0 Å². The van der Waals surface area contributed by atoms with Crippen LogP contribution in [0.1, 0.15) is 13.8 Å². The smallest absolute Gasteiger partial charge is 0.234 e. The normalized spacial score (nSPS) is 10.6. The van der Waals surface area contributed by atoms with Crippen LogP contribution in [0, 0.1) is 0 Å². The molecule has 0 aliphatic heterocycles. The van der Waals surface area contributed by atoms with E-state index < -0.39 is 0 Å². The molecule has 0 saturated carbocycles. The molecular formula is C20H20ClN5O2S. The molecule has 0 spiro atoms. The molecule has 3 rings (SSSR count). The van der Waals surface area contributed by atoms with Gasteiger partial charge < -0.3 is 15.2 Å². The Morgan fingerprint density at radius 3 is 2.48 bits per heavy atom. The van der Waals surface area contributed by atoms with Crippen molar-refractivity contribution in [3.8, 4) is 11.4 Å². The molecule has 0 atom stereocenters. The van der Waals surface area contributed by atoms with Crippen LogP contribution in [-0.2, 0) is 16.1 Å². The number of hydrogen-bond acceptors (Lipinski definition) is 5. The Labute approximate surface area is 177 Å². The summed E-state index contributed by atoms with van der Waals surface area (Å²) in [5.41, 5.74) is 2.11. The van der Waals surface area contributed by atoms with E-state index in [9.17, 15) is 9.59 Å². The Bertz CT molecular complexity index is 1040. The van der Waals surface area contributed by atoms with Gasteiger partial charge in [-0.3, -0.25) is 9.59 Å². The molecule has 1 heterocycles. The molecule has 0 bridgehead atoms. The minimum absolute atomic E-state index is 0.168. The number of hydrogen-bond donors (Lipinski definition) is 2. The minimum Gasteiger partial charge on any atom is -0.326 e. The van der Waals surface area contributed by atoms with Crippen LogP contribution in [0.4, 0.5) is 11.4 Å². The van der Waals surface area contributed by atoms with Crippen LogP contribution in [-0.4, -0.2) is 32.3 Å². The lowest BCUT2D eigenvalue weighted by Gasteiger charge is -2.09. The number of nitrogens with one attached hydrogen (secondary N) is 2. The Morgan fingerprint density at radius 1 is 1.07 bits per heavy atom. The van der Waals surface area contributed by atoms with Crippen molar-refractivity contribution in [2.45, 2.75) is 25.5 Å². The van der Waals surface area contributed by atoms with Crippen LogP contribution in [0.5, 0.6) is 0 Å². The zero-order valence-electron chi connectivity index (χ0n) is 16.0. The topological polar surface area (TPSA) is 88.9 Å². The third-order valence-electron chi connectivity index (χ3n) is 3.91. The second-order valence-electron chi connectivity index (χ2n) is 6.16. The first-order valence-electron chi connectivity index (χ1n) is 8.95. The van der Waals surface area contributed by atoms with Gasteiger partial charge in [0, 0.05) is 35.4 Å². The van der Waals surface area contributed by atoms with Crippen LogP contribution in [0.2, 0.25) is 5.02 Å². The fourth-order valence-corrected chi connectivity index (χ4v) is 3.72. The van der Waals surface area contributed by atoms with E-state index in [1.54, 1.807) is 30.3 Å². The first-order chi connectivity index (χ1) is 14.0. The van der Waals surface area contributed by atoms with Gasteiger partial charge in [-0.15, -0.1) is 10.2 Å². The maximum absolute atomic E-state index is 12.3. The van der Waals surface area contributed by atoms with E-state index in [1.807, 2.05) is 29.7 Å². The molecule has 2 N–H and O–H groups in total. The summed E-state index contributed by atoms with van der Waals surface area (Å²) < 4.78 is 1.95. The van der Waals surface area contributed by atoms with E-state index >= 15 is 0 Å². The molecule has 2 amide bonds. The lowest BCUT2D eigenvalue weighted by Crippen LogP contribution is -2.15. The fourth-order valence-electron chi connectivity index (χ4n) is 2.73. The molecule has 0 radical (unpaired) electrons. The van der Waals surface area contributed by atoms with Crippen molar-refractivity contribution in [3.63, 3.8) is 0 Å². The van der Waals surface area contributed by atoms with Gasteiger partial charge >= 0.3 is 0 Å². The quantitative estimate of drug-likeness (QED) is 0.546. The van der Waals surface area contributed by atoms with Gasteiger partial charge in [0.05, 0.1) is 5.75 Å². The largest absolute Gasteiger partial charge is 0.326 e. The number of halogens is 1. The van der Waals surface area contributed by atoms with Crippen LogP contribution >= 0.6 is 23.4 Å².